The fourth-order valence-corrected chi connectivity index (χ4v) is 12.4. The number of rotatable bonds is 22. The van der Waals surface area contributed by atoms with Crippen LogP contribution < -0.4 is 20.7 Å². The van der Waals surface area contributed by atoms with Gasteiger partial charge < -0.3 is 39.9 Å². The van der Waals surface area contributed by atoms with Gasteiger partial charge in [-0.3, -0.25) is 14.4 Å². The van der Waals surface area contributed by atoms with Crippen LogP contribution in [0.15, 0.2) is 242 Å². The number of carbonyl (C=O) groups is 4. The Kier molecular flexibility index (Phi) is 17.2. The van der Waals surface area contributed by atoms with Crippen molar-refractivity contribution in [2.75, 3.05) is 37.9 Å². The van der Waals surface area contributed by atoms with Gasteiger partial charge in [0, 0.05) is 40.9 Å². The lowest BCUT2D eigenvalue weighted by atomic mass is 9.77. The molecule has 1 aromatic heterocycles. The van der Waals surface area contributed by atoms with E-state index >= 15 is 4.79 Å². The molecule has 2 unspecified atom stereocenters. The summed E-state index contributed by atoms with van der Waals surface area (Å²) < 4.78 is 16.5. The minimum atomic E-state index is -1.38. The predicted molar refractivity (Wildman–Crippen MR) is 316 cm³/mol. The monoisotopic (exact) mass is 1110 g/mol. The zero-order valence-corrected chi connectivity index (χ0v) is 45.9. The highest BCUT2D eigenvalue weighted by molar-refractivity contribution is 8.00. The average molecular weight is 1120 g/mol. The van der Waals surface area contributed by atoms with E-state index in [2.05, 4.69) is 58.9 Å². The van der Waals surface area contributed by atoms with E-state index in [0.29, 0.717) is 10.9 Å². The number of aromatic nitrogens is 1. The second-order valence-corrected chi connectivity index (χ2v) is 21.2. The lowest BCUT2D eigenvalue weighted by Crippen LogP contribution is -2.74. The topological polar surface area (TPSA) is 170 Å². The van der Waals surface area contributed by atoms with E-state index < -0.39 is 51.8 Å². The second-order valence-electron chi connectivity index (χ2n) is 19.2. The summed E-state index contributed by atoms with van der Waals surface area (Å²) in [6.07, 6.45) is 4.06. The van der Waals surface area contributed by atoms with Crippen molar-refractivity contribution in [3.8, 4) is 5.75 Å². The largest absolute Gasteiger partial charge is 0.497 e. The summed E-state index contributed by atoms with van der Waals surface area (Å²) in [5.74, 6) is -0.893. The summed E-state index contributed by atoms with van der Waals surface area (Å²) in [6.45, 7) is 3.56. The van der Waals surface area contributed by atoms with Crippen LogP contribution in [0.25, 0.3) is 0 Å². The average Bonchev–Trinajstić information content (AvgIpc) is 4.16. The van der Waals surface area contributed by atoms with E-state index in [9.17, 15) is 14.4 Å². The maximum atomic E-state index is 15.3. The van der Waals surface area contributed by atoms with E-state index in [1.165, 1.54) is 29.2 Å². The number of nitrogens with one attached hydrogen (secondary N) is 3. The number of alkyl carbamates (subject to hydrolysis) is 1. The molecule has 0 radical (unpaired) electrons. The molecule has 0 spiro atoms. The molecule has 16 heteroatoms. The van der Waals surface area contributed by atoms with E-state index in [1.807, 2.05) is 146 Å². The first kappa shape index (κ1) is 55.1. The van der Waals surface area contributed by atoms with Crippen molar-refractivity contribution in [3.05, 3.63) is 281 Å². The first-order valence-electron chi connectivity index (χ1n) is 26.2. The third-order valence-electron chi connectivity index (χ3n) is 14.2. The number of nitrogens with zero attached hydrogens (tertiary/aromatic N) is 3. The minimum Gasteiger partial charge on any atom is -0.497 e. The molecule has 81 heavy (non-hydrogen) atoms. The number of oxime groups is 1. The van der Waals surface area contributed by atoms with Crippen LogP contribution in [0.5, 0.6) is 5.75 Å². The van der Waals surface area contributed by atoms with Gasteiger partial charge in [0.2, 0.25) is 11.5 Å². The number of ether oxygens (including phenoxy) is 3. The maximum absolute atomic E-state index is 15.3. The summed E-state index contributed by atoms with van der Waals surface area (Å²) in [7, 11) is 1.57. The number of hydrogen-bond acceptors (Lipinski definition) is 13. The van der Waals surface area contributed by atoms with Crippen molar-refractivity contribution in [1.29, 1.82) is 0 Å². The molecule has 3 amide bonds. The molecule has 0 saturated carbocycles. The molecule has 3 N–H and O–H groups in total. The Morgan fingerprint density at radius 2 is 1.25 bits per heavy atom. The molecule has 10 rings (SSSR count). The van der Waals surface area contributed by atoms with Crippen LogP contribution in [0.3, 0.4) is 0 Å². The van der Waals surface area contributed by atoms with Crippen molar-refractivity contribution in [2.45, 2.75) is 29.2 Å². The zero-order valence-electron chi connectivity index (χ0n) is 44.3. The smallest absolute Gasteiger partial charge is 0.407 e. The fraction of sp³-hybridized carbons (Fsp3) is 0.169. The van der Waals surface area contributed by atoms with Crippen LogP contribution in [0.1, 0.15) is 44.6 Å². The molecule has 7 aromatic carbocycles. The van der Waals surface area contributed by atoms with Crippen LogP contribution in [0, 0.1) is 5.41 Å². The fourth-order valence-electron chi connectivity index (χ4n) is 10.1. The molecule has 3 atom stereocenters. The standard InChI is InChI=1S/C65H58N6O8S2/c1-3-40-66-62(75)77-41-22-39-63(60(74)78-42-46-35-37-53(76-2)38-36-46)44-71-58(73)56(59(71)81-45-63)68-57(72)55(70-79-65(50-29-16-7-17-30-50,51-31-18-8-19-32-51)52-33-20-9-21-34-52)54-43-80-61(67-54)69-64(47-23-10-4-11-24-47,48-25-12-5-13-26-48)49-27-14-6-15-28-49/h3-39,43,56,59H,1,40-42,44-45H2,2H3,(H,66,75)(H,67,69)(H,68,72)/t56?,59-,63?/m1/s1. The van der Waals surface area contributed by atoms with Gasteiger partial charge in [-0.1, -0.05) is 211 Å². The van der Waals surface area contributed by atoms with Crippen LogP contribution in [-0.2, 0) is 46.4 Å². The van der Waals surface area contributed by atoms with E-state index in [4.69, 9.17) is 29.2 Å². The lowest BCUT2D eigenvalue weighted by Gasteiger charge is -2.53. The highest BCUT2D eigenvalue weighted by Gasteiger charge is 2.57. The quantitative estimate of drug-likeness (QED) is 0.0147. The van der Waals surface area contributed by atoms with Gasteiger partial charge in [0.1, 0.15) is 47.0 Å². The van der Waals surface area contributed by atoms with E-state index in [-0.39, 0.29) is 43.5 Å². The number of hydrogen-bond donors (Lipinski definition) is 3. The van der Waals surface area contributed by atoms with E-state index in [0.717, 1.165) is 38.9 Å². The lowest BCUT2D eigenvalue weighted by molar-refractivity contribution is -0.160. The number of thioether (sulfide) groups is 1. The van der Waals surface area contributed by atoms with Gasteiger partial charge in [-0.25, -0.2) is 9.78 Å². The third-order valence-corrected chi connectivity index (χ3v) is 16.5. The number of esters is 1. The molecular formula is C65H58N6O8S2. The molecule has 0 bridgehead atoms. The van der Waals surface area contributed by atoms with Crippen molar-refractivity contribution in [3.63, 3.8) is 0 Å². The van der Waals surface area contributed by atoms with Gasteiger partial charge in [0.25, 0.3) is 5.91 Å². The zero-order chi connectivity index (χ0) is 56.1. The Balaban J connectivity index is 0.997. The Morgan fingerprint density at radius 1 is 0.728 bits per heavy atom. The SMILES string of the molecule is C=CCNC(=O)OCC=CC1(C(=O)OCc2ccc(OC)cc2)CS[C@@H]2C(NC(=O)C(=NOC(c3ccccc3)(c3ccccc3)c3ccccc3)c3csc(NC(c4ccccc4)(c4ccccc4)c4ccccc4)n3)C(=O)N2C1. The maximum Gasteiger partial charge on any atom is 0.407 e. The number of β-lactam (4-membered cyclic amide) rings is 1. The first-order valence-corrected chi connectivity index (χ1v) is 28.2. The molecule has 2 saturated heterocycles. The van der Waals surface area contributed by atoms with Gasteiger partial charge in [-0.2, -0.15) is 0 Å². The van der Waals surface area contributed by atoms with Crippen LogP contribution in [0.2, 0.25) is 0 Å². The summed E-state index contributed by atoms with van der Waals surface area (Å²) in [6, 6.07) is 65.5. The number of carbonyl (C=O) groups excluding carboxylic acids is 4. The Hall–Kier alpha value is -9.25. The van der Waals surface area contributed by atoms with Crippen molar-refractivity contribution in [1.82, 2.24) is 20.5 Å². The summed E-state index contributed by atoms with van der Waals surface area (Å²) in [4.78, 5) is 70.1. The summed E-state index contributed by atoms with van der Waals surface area (Å²) in [5, 5.41) is 15.9. The number of anilines is 1. The van der Waals surface area contributed by atoms with Crippen molar-refractivity contribution >= 4 is 57.8 Å². The number of fused-ring (bicyclic) bond motifs is 1. The Labute approximate surface area is 478 Å². The molecule has 2 aliphatic heterocycles. The molecule has 8 aromatic rings. The summed E-state index contributed by atoms with van der Waals surface area (Å²) >= 11 is 2.62. The number of thiazole rings is 1. The van der Waals surface area contributed by atoms with Gasteiger partial charge in [-0.15, -0.1) is 29.7 Å². The van der Waals surface area contributed by atoms with Gasteiger partial charge in [0.05, 0.1) is 7.11 Å². The molecule has 14 nitrogen and oxygen atoms in total. The second kappa shape index (κ2) is 25.3. The summed E-state index contributed by atoms with van der Waals surface area (Å²) in [5.41, 5.74) is 2.18. The molecule has 2 fully saturated rings. The molecular weight excluding hydrogens is 1060 g/mol. The number of benzene rings is 7. The molecule has 408 valence electrons. The highest BCUT2D eigenvalue weighted by Crippen LogP contribution is 2.45. The number of methoxy groups -OCH3 is 1. The van der Waals surface area contributed by atoms with E-state index in [1.54, 1.807) is 53.8 Å². The van der Waals surface area contributed by atoms with Crippen LogP contribution >= 0.6 is 23.1 Å². The molecule has 3 heterocycles. The van der Waals surface area contributed by atoms with Crippen molar-refractivity contribution < 1.29 is 38.2 Å². The Morgan fingerprint density at radius 3 is 1.75 bits per heavy atom. The van der Waals surface area contributed by atoms with Crippen LogP contribution in [-0.4, -0.2) is 83.4 Å². The van der Waals surface area contributed by atoms with Gasteiger partial charge in [0.15, 0.2) is 10.8 Å². The normalized spacial score (nSPS) is 17.0. The first-order chi connectivity index (χ1) is 39.7. The van der Waals surface area contributed by atoms with Crippen molar-refractivity contribution in [2.24, 2.45) is 10.6 Å². The van der Waals surface area contributed by atoms with Crippen LogP contribution in [0.4, 0.5) is 9.93 Å². The van der Waals surface area contributed by atoms with Gasteiger partial charge in [-0.05, 0) is 40.5 Å². The minimum absolute atomic E-state index is 0.0382. The third kappa shape index (κ3) is 11.7. The number of amides is 3. The molecule has 0 aliphatic carbocycles. The predicted octanol–water partition coefficient (Wildman–Crippen LogP) is 10.9. The Bertz CT molecular complexity index is 3310. The highest BCUT2D eigenvalue weighted by atomic mass is 32.2. The van der Waals surface area contributed by atoms with Gasteiger partial charge >= 0.3 is 12.1 Å². The molecule has 2 aliphatic rings.